The average Bonchev–Trinajstić information content (AvgIpc) is 2.99. The van der Waals surface area contributed by atoms with Crippen molar-refractivity contribution in [3.63, 3.8) is 0 Å². The van der Waals surface area contributed by atoms with Gasteiger partial charge >= 0.3 is 54.0 Å². The quantitative estimate of drug-likeness (QED) is 0.173. The summed E-state index contributed by atoms with van der Waals surface area (Å²) < 4.78 is 230. The number of ether oxygens (including phenoxy) is 3. The second kappa shape index (κ2) is 15.2. The summed E-state index contributed by atoms with van der Waals surface area (Å²) in [6, 6.07) is 6.12. The lowest BCUT2D eigenvalue weighted by Gasteiger charge is -2.40. The predicted octanol–water partition coefficient (Wildman–Crippen LogP) is 8.36. The molecule has 1 amide bonds. The molecule has 2 rings (SSSR count). The molecule has 0 aliphatic heterocycles. The van der Waals surface area contributed by atoms with Crippen LogP contribution in [0, 0.1) is 0 Å². The van der Waals surface area contributed by atoms with Crippen molar-refractivity contribution in [1.82, 2.24) is 4.90 Å². The molecule has 288 valence electrons. The summed E-state index contributed by atoms with van der Waals surface area (Å²) in [4.78, 5) is 23.2. The molecule has 0 fully saturated rings. The number of amides is 1. The van der Waals surface area contributed by atoms with Crippen molar-refractivity contribution >= 4 is 12.1 Å². The number of carboxylic acid groups (broad SMARTS) is 1. The standard InChI is InChI=1S/C28H23F16NO6/c1-2-49-19(20(46)47)13-15-3-7-17(8-4-15)50-12-11-45(21(48)51-18-9-5-16(6-10-18)23(31,32)33)14-22(29,30)24(34,35)25(36,37)26(38,39)27(40,41)28(42,43)44/h3-10,19H,2,11-14H2,1H3,(H,46,47). The van der Waals surface area contributed by atoms with Crippen molar-refractivity contribution in [2.24, 2.45) is 0 Å². The number of carbonyl (C=O) groups excluding carboxylic acids is 1. The Kier molecular flexibility index (Phi) is 12.8. The molecule has 0 saturated carbocycles. The summed E-state index contributed by atoms with van der Waals surface area (Å²) in [7, 11) is 0. The van der Waals surface area contributed by atoms with E-state index in [1.807, 2.05) is 0 Å². The van der Waals surface area contributed by atoms with Gasteiger partial charge in [0.05, 0.1) is 18.7 Å². The summed E-state index contributed by atoms with van der Waals surface area (Å²) >= 11 is 0. The highest BCUT2D eigenvalue weighted by Gasteiger charge is 2.90. The summed E-state index contributed by atoms with van der Waals surface area (Å²) in [6.45, 7) is -4.10. The van der Waals surface area contributed by atoms with Gasteiger partial charge in [-0.05, 0) is 48.9 Å². The topological polar surface area (TPSA) is 85.3 Å². The number of carboxylic acids is 1. The number of nitrogens with zero attached hydrogens (tertiary/aromatic N) is 1. The molecule has 0 aliphatic rings. The minimum Gasteiger partial charge on any atom is -0.492 e. The summed E-state index contributed by atoms with van der Waals surface area (Å²) in [5.41, 5.74) is -1.01. The highest BCUT2D eigenvalue weighted by molar-refractivity contribution is 5.72. The number of carbonyl (C=O) groups is 2. The molecule has 0 saturated heterocycles. The highest BCUT2D eigenvalue weighted by Crippen LogP contribution is 2.60. The zero-order valence-electron chi connectivity index (χ0n) is 25.2. The Labute approximate surface area is 275 Å². The van der Waals surface area contributed by atoms with Gasteiger partial charge in [-0.3, -0.25) is 4.90 Å². The molecule has 7 nitrogen and oxygen atoms in total. The van der Waals surface area contributed by atoms with E-state index in [1.165, 1.54) is 19.1 Å². The van der Waals surface area contributed by atoms with E-state index in [4.69, 9.17) is 14.6 Å². The molecule has 51 heavy (non-hydrogen) atoms. The fourth-order valence-electron chi connectivity index (χ4n) is 3.88. The maximum atomic E-state index is 14.7. The fourth-order valence-corrected chi connectivity index (χ4v) is 3.88. The first-order valence-corrected chi connectivity index (χ1v) is 13.7. The van der Waals surface area contributed by atoms with Crippen molar-refractivity contribution in [2.45, 2.75) is 61.4 Å². The van der Waals surface area contributed by atoms with Gasteiger partial charge in [0.1, 0.15) is 18.1 Å². The van der Waals surface area contributed by atoms with Crippen LogP contribution in [-0.2, 0) is 22.1 Å². The first-order valence-electron chi connectivity index (χ1n) is 13.7. The van der Waals surface area contributed by atoms with Crippen molar-refractivity contribution in [3.8, 4) is 11.5 Å². The van der Waals surface area contributed by atoms with E-state index in [1.54, 1.807) is 0 Å². The monoisotopic (exact) mass is 773 g/mol. The van der Waals surface area contributed by atoms with Crippen LogP contribution in [0.15, 0.2) is 48.5 Å². The van der Waals surface area contributed by atoms with Crippen molar-refractivity contribution in [3.05, 3.63) is 59.7 Å². The van der Waals surface area contributed by atoms with E-state index in [9.17, 15) is 79.8 Å². The zero-order chi connectivity index (χ0) is 39.4. The Balaban J connectivity index is 2.38. The van der Waals surface area contributed by atoms with Crippen LogP contribution in [0.1, 0.15) is 18.1 Å². The smallest absolute Gasteiger partial charge is 0.460 e. The van der Waals surface area contributed by atoms with Crippen molar-refractivity contribution < 1.29 is 99.2 Å². The van der Waals surface area contributed by atoms with E-state index in [2.05, 4.69) is 4.74 Å². The number of aliphatic carboxylic acids is 1. The molecule has 2 aromatic rings. The van der Waals surface area contributed by atoms with Gasteiger partial charge in [0.2, 0.25) is 0 Å². The summed E-state index contributed by atoms with van der Waals surface area (Å²) in [5.74, 6) is -41.3. The third kappa shape index (κ3) is 9.39. The maximum Gasteiger partial charge on any atom is 0.460 e. The van der Waals surface area contributed by atoms with Crippen LogP contribution < -0.4 is 9.47 Å². The van der Waals surface area contributed by atoms with Crippen LogP contribution in [0.3, 0.4) is 0 Å². The van der Waals surface area contributed by atoms with Crippen LogP contribution in [0.4, 0.5) is 75.0 Å². The average molecular weight is 773 g/mol. The van der Waals surface area contributed by atoms with Gasteiger partial charge in [-0.1, -0.05) is 12.1 Å². The van der Waals surface area contributed by atoms with E-state index in [0.29, 0.717) is 17.7 Å². The Morgan fingerprint density at radius 2 is 1.20 bits per heavy atom. The summed E-state index contributed by atoms with van der Waals surface area (Å²) in [5, 5.41) is 9.16. The van der Waals surface area contributed by atoms with E-state index < -0.39 is 96.0 Å². The van der Waals surface area contributed by atoms with Gasteiger partial charge in [0.15, 0.2) is 6.10 Å². The number of halogens is 16. The minimum absolute atomic E-state index is 0.0288. The first-order chi connectivity index (χ1) is 23.0. The molecule has 1 atom stereocenters. The normalized spacial score (nSPS) is 14.2. The SMILES string of the molecule is CCOC(Cc1ccc(OCCN(CC(F)(F)C(F)(F)C(F)(F)C(F)(F)C(F)(F)C(F)(F)F)C(=O)Oc2ccc(C(F)(F)F)cc2)cc1)C(=O)O. The second-order valence-corrected chi connectivity index (χ2v) is 10.3. The highest BCUT2D eigenvalue weighted by atomic mass is 19.4. The predicted molar refractivity (Wildman–Crippen MR) is 139 cm³/mol. The van der Waals surface area contributed by atoms with Crippen molar-refractivity contribution in [1.29, 1.82) is 0 Å². The molecule has 0 radical (unpaired) electrons. The molecule has 0 aromatic heterocycles. The lowest BCUT2D eigenvalue weighted by Crippen LogP contribution is -2.71. The fraction of sp³-hybridized carbons (Fsp3) is 0.500. The number of benzene rings is 2. The minimum atomic E-state index is -8.20. The van der Waals surface area contributed by atoms with Crippen molar-refractivity contribution in [2.75, 3.05) is 26.3 Å². The zero-order valence-corrected chi connectivity index (χ0v) is 25.2. The number of rotatable bonds is 16. The molecule has 2 aromatic carbocycles. The first kappa shape index (κ1) is 43.0. The lowest BCUT2D eigenvalue weighted by molar-refractivity contribution is -0.440. The molecule has 0 aliphatic carbocycles. The Hall–Kier alpha value is -4.18. The molecule has 1 N–H and O–H groups in total. The van der Waals surface area contributed by atoms with Gasteiger partial charge in [-0.2, -0.15) is 70.2 Å². The van der Waals surface area contributed by atoms with Crippen LogP contribution in [0.25, 0.3) is 0 Å². The molecule has 23 heteroatoms. The van der Waals surface area contributed by atoms with Gasteiger partial charge in [-0.15, -0.1) is 0 Å². The second-order valence-electron chi connectivity index (χ2n) is 10.3. The third-order valence-electron chi connectivity index (χ3n) is 6.65. The van der Waals surface area contributed by atoms with Crippen LogP contribution in [0.2, 0.25) is 0 Å². The third-order valence-corrected chi connectivity index (χ3v) is 6.65. The van der Waals surface area contributed by atoms with Gasteiger partial charge in [-0.25, -0.2) is 9.59 Å². The maximum absolute atomic E-state index is 14.7. The molecule has 1 unspecified atom stereocenters. The number of alkyl halides is 16. The number of hydrogen-bond donors (Lipinski definition) is 1. The molecular weight excluding hydrogens is 750 g/mol. The largest absolute Gasteiger partial charge is 0.492 e. The van der Waals surface area contributed by atoms with Crippen LogP contribution in [-0.4, -0.2) is 90.3 Å². The molecule has 0 bridgehead atoms. The molecule has 0 heterocycles. The van der Waals surface area contributed by atoms with E-state index >= 15 is 0 Å². The van der Waals surface area contributed by atoms with Gasteiger partial charge in [0.25, 0.3) is 0 Å². The Morgan fingerprint density at radius 1 is 0.706 bits per heavy atom. The lowest BCUT2D eigenvalue weighted by atomic mass is 9.93. The number of hydrogen-bond acceptors (Lipinski definition) is 5. The Bertz CT molecular complexity index is 1480. The van der Waals surface area contributed by atoms with Gasteiger partial charge < -0.3 is 19.3 Å². The molecule has 0 spiro atoms. The molecular formula is C28H23F16NO6. The van der Waals surface area contributed by atoms with Gasteiger partial charge in [0, 0.05) is 13.0 Å². The van der Waals surface area contributed by atoms with E-state index in [-0.39, 0.29) is 30.9 Å². The van der Waals surface area contributed by atoms with E-state index in [0.717, 1.165) is 12.1 Å². The van der Waals surface area contributed by atoms with Crippen LogP contribution >= 0.6 is 0 Å². The Morgan fingerprint density at radius 3 is 1.65 bits per heavy atom. The van der Waals surface area contributed by atoms with Crippen LogP contribution in [0.5, 0.6) is 11.5 Å². The summed E-state index contributed by atoms with van der Waals surface area (Å²) in [6.07, 6.45) is -16.3.